The summed E-state index contributed by atoms with van der Waals surface area (Å²) < 4.78 is 51.9. The zero-order valence-corrected chi connectivity index (χ0v) is 16.0. The summed E-state index contributed by atoms with van der Waals surface area (Å²) in [4.78, 5) is 25.3. The van der Waals surface area contributed by atoms with Crippen LogP contribution in [0.25, 0.3) is 0 Å². The molecule has 0 spiro atoms. The molecule has 7 nitrogen and oxygen atoms in total. The zero-order valence-electron chi connectivity index (χ0n) is 16.0. The van der Waals surface area contributed by atoms with E-state index in [-0.39, 0.29) is 16.9 Å². The highest BCUT2D eigenvalue weighted by Gasteiger charge is 2.66. The summed E-state index contributed by atoms with van der Waals surface area (Å²) in [6.07, 6.45) is -5.34. The van der Waals surface area contributed by atoms with Gasteiger partial charge in [0.25, 0.3) is 0 Å². The number of carbonyl (C=O) groups is 2. The summed E-state index contributed by atoms with van der Waals surface area (Å²) >= 11 is 0. The van der Waals surface area contributed by atoms with Crippen LogP contribution in [0.4, 0.5) is 18.0 Å². The minimum Gasteiger partial charge on any atom is -0.497 e. The van der Waals surface area contributed by atoms with E-state index in [9.17, 15) is 27.9 Å². The minimum absolute atomic E-state index is 0.0960. The third-order valence-electron chi connectivity index (χ3n) is 4.94. The van der Waals surface area contributed by atoms with Gasteiger partial charge in [0, 0.05) is 11.1 Å². The van der Waals surface area contributed by atoms with Crippen LogP contribution in [0.1, 0.15) is 22.0 Å². The molecule has 1 aliphatic rings. The number of carbonyl (C=O) groups excluding carboxylic acids is 2. The highest BCUT2D eigenvalue weighted by atomic mass is 19.4. The van der Waals surface area contributed by atoms with Crippen molar-refractivity contribution in [1.29, 1.82) is 0 Å². The highest BCUT2D eigenvalue weighted by Crippen LogP contribution is 2.45. The quantitative estimate of drug-likeness (QED) is 0.642. The number of halogens is 3. The van der Waals surface area contributed by atoms with Crippen molar-refractivity contribution >= 4 is 11.8 Å². The first kappa shape index (κ1) is 21.4. The second-order valence-electron chi connectivity index (χ2n) is 6.65. The number of benzene rings is 2. The Bertz CT molecular complexity index is 948. The molecule has 0 radical (unpaired) electrons. The van der Waals surface area contributed by atoms with Crippen molar-refractivity contribution in [2.75, 3.05) is 14.2 Å². The molecule has 160 valence electrons. The molecule has 0 aromatic heterocycles. The molecule has 3 rings (SSSR count). The molecule has 2 aromatic carbocycles. The average molecular weight is 424 g/mol. The Balaban J connectivity index is 2.17. The van der Waals surface area contributed by atoms with E-state index in [2.05, 4.69) is 5.32 Å². The van der Waals surface area contributed by atoms with E-state index in [1.54, 1.807) is 6.07 Å². The largest absolute Gasteiger partial charge is 0.497 e. The lowest BCUT2D eigenvalue weighted by Crippen LogP contribution is -2.72. The fraction of sp³-hybridized carbons (Fsp3) is 0.300. The smallest absolute Gasteiger partial charge is 0.437 e. The first-order chi connectivity index (χ1) is 14.1. The first-order valence-electron chi connectivity index (χ1n) is 8.81. The fourth-order valence-electron chi connectivity index (χ4n) is 3.46. The van der Waals surface area contributed by atoms with E-state index < -0.39 is 35.7 Å². The van der Waals surface area contributed by atoms with Crippen molar-refractivity contribution in [2.45, 2.75) is 17.9 Å². The number of aliphatic hydroxyl groups is 1. The molecule has 1 fully saturated rings. The fourth-order valence-corrected chi connectivity index (χ4v) is 3.46. The maximum Gasteiger partial charge on any atom is 0.437 e. The number of Topliss-reactive ketones (excluding diaryl/α,β-unsaturated/α-hetero) is 1. The average Bonchev–Trinajstić information content (AvgIpc) is 2.72. The standard InChI is InChI=1S/C20H19F3N2O5/c1-29-12-9-7-11(8-10-12)17(26)15-16(13-5-3-4-6-14(13)30-2)24-18(27)25-19(15,28)20(21,22)23/h3-10,15-16,28H,1-2H3,(H2,24,25,27)/t15-,16-,19+/m1/s1. The molecule has 3 N–H and O–H groups in total. The number of rotatable bonds is 5. The van der Waals surface area contributed by atoms with Crippen LogP contribution in [-0.4, -0.2) is 43.0 Å². The number of urea groups is 1. The lowest BCUT2D eigenvalue weighted by atomic mass is 9.77. The molecule has 10 heteroatoms. The van der Waals surface area contributed by atoms with E-state index in [1.165, 1.54) is 62.0 Å². The van der Waals surface area contributed by atoms with Crippen molar-refractivity contribution in [3.8, 4) is 11.5 Å². The number of alkyl halides is 3. The van der Waals surface area contributed by atoms with E-state index in [4.69, 9.17) is 9.47 Å². The zero-order chi connectivity index (χ0) is 22.1. The van der Waals surface area contributed by atoms with E-state index in [1.807, 2.05) is 0 Å². The Hall–Kier alpha value is -3.27. The van der Waals surface area contributed by atoms with Crippen molar-refractivity contribution < 1.29 is 37.3 Å². The number of methoxy groups -OCH3 is 2. The molecule has 3 atom stereocenters. The Labute approximate surface area is 169 Å². The molecule has 0 aliphatic carbocycles. The molecular weight excluding hydrogens is 405 g/mol. The predicted octanol–water partition coefficient (Wildman–Crippen LogP) is 2.81. The Kier molecular flexibility index (Phi) is 5.62. The summed E-state index contributed by atoms with van der Waals surface area (Å²) in [6.45, 7) is 0. The van der Waals surface area contributed by atoms with Crippen LogP contribution >= 0.6 is 0 Å². The van der Waals surface area contributed by atoms with Gasteiger partial charge in [-0.05, 0) is 30.3 Å². The summed E-state index contributed by atoms with van der Waals surface area (Å²) in [5.74, 6) is -2.61. The summed E-state index contributed by atoms with van der Waals surface area (Å²) in [6, 6.07) is 8.60. The van der Waals surface area contributed by atoms with Gasteiger partial charge in [-0.2, -0.15) is 13.2 Å². The van der Waals surface area contributed by atoms with Gasteiger partial charge in [-0.1, -0.05) is 18.2 Å². The first-order valence-corrected chi connectivity index (χ1v) is 8.81. The van der Waals surface area contributed by atoms with Gasteiger partial charge in [0.15, 0.2) is 5.78 Å². The van der Waals surface area contributed by atoms with Gasteiger partial charge in [-0.25, -0.2) is 4.79 Å². The second-order valence-corrected chi connectivity index (χ2v) is 6.65. The monoisotopic (exact) mass is 424 g/mol. The third-order valence-corrected chi connectivity index (χ3v) is 4.94. The van der Waals surface area contributed by atoms with Crippen molar-refractivity contribution in [1.82, 2.24) is 10.6 Å². The summed E-state index contributed by atoms with van der Waals surface area (Å²) in [7, 11) is 2.70. The van der Waals surface area contributed by atoms with E-state index in [0.717, 1.165) is 0 Å². The van der Waals surface area contributed by atoms with Crippen molar-refractivity contribution in [3.63, 3.8) is 0 Å². The number of hydrogen-bond donors (Lipinski definition) is 3. The van der Waals surface area contributed by atoms with Crippen LogP contribution in [0.15, 0.2) is 48.5 Å². The Morgan fingerprint density at radius 1 is 1.07 bits per heavy atom. The van der Waals surface area contributed by atoms with Crippen LogP contribution in [0.2, 0.25) is 0 Å². The minimum atomic E-state index is -5.34. The van der Waals surface area contributed by atoms with Crippen molar-refractivity contribution in [2.24, 2.45) is 5.92 Å². The summed E-state index contributed by atoms with van der Waals surface area (Å²) in [5, 5.41) is 14.4. The van der Waals surface area contributed by atoms with Gasteiger partial charge in [-0.3, -0.25) is 4.79 Å². The Morgan fingerprint density at radius 3 is 2.27 bits per heavy atom. The molecule has 0 bridgehead atoms. The molecule has 1 saturated heterocycles. The van der Waals surface area contributed by atoms with Crippen LogP contribution in [0.3, 0.4) is 0 Å². The number of hydrogen-bond acceptors (Lipinski definition) is 5. The maximum absolute atomic E-state index is 13.9. The molecular formula is C20H19F3N2O5. The second kappa shape index (κ2) is 7.86. The molecule has 2 amide bonds. The molecule has 30 heavy (non-hydrogen) atoms. The van der Waals surface area contributed by atoms with Crippen LogP contribution in [0, 0.1) is 5.92 Å². The summed E-state index contributed by atoms with van der Waals surface area (Å²) in [5.41, 5.74) is -3.79. The predicted molar refractivity (Wildman–Crippen MR) is 99.2 cm³/mol. The van der Waals surface area contributed by atoms with Crippen LogP contribution < -0.4 is 20.1 Å². The molecule has 1 aliphatic heterocycles. The van der Waals surface area contributed by atoms with E-state index >= 15 is 0 Å². The van der Waals surface area contributed by atoms with Crippen LogP contribution in [0.5, 0.6) is 11.5 Å². The van der Waals surface area contributed by atoms with Gasteiger partial charge in [-0.15, -0.1) is 0 Å². The number of nitrogens with one attached hydrogen (secondary N) is 2. The van der Waals surface area contributed by atoms with Crippen LogP contribution in [-0.2, 0) is 0 Å². The normalized spacial score (nSPS) is 23.9. The molecule has 2 aromatic rings. The van der Waals surface area contributed by atoms with Gasteiger partial charge in [0.2, 0.25) is 5.72 Å². The number of ketones is 1. The van der Waals surface area contributed by atoms with Gasteiger partial charge in [0.1, 0.15) is 17.4 Å². The van der Waals surface area contributed by atoms with Gasteiger partial charge < -0.3 is 25.2 Å². The van der Waals surface area contributed by atoms with Gasteiger partial charge >= 0.3 is 12.2 Å². The van der Waals surface area contributed by atoms with Gasteiger partial charge in [0.05, 0.1) is 20.3 Å². The van der Waals surface area contributed by atoms with E-state index in [0.29, 0.717) is 5.75 Å². The number of para-hydroxylation sites is 1. The Morgan fingerprint density at radius 2 is 1.70 bits per heavy atom. The topological polar surface area (TPSA) is 96.9 Å². The SMILES string of the molecule is COc1ccc(C(=O)[C@H]2[C@@H](c3ccccc3OC)NC(=O)N[C@@]2(O)C(F)(F)F)cc1. The molecule has 1 heterocycles. The lowest BCUT2D eigenvalue weighted by molar-refractivity contribution is -0.287. The third kappa shape index (κ3) is 3.65. The lowest BCUT2D eigenvalue weighted by Gasteiger charge is -2.45. The maximum atomic E-state index is 13.9. The number of amides is 2. The molecule has 0 unspecified atom stereocenters. The highest BCUT2D eigenvalue weighted by molar-refractivity contribution is 6.00. The number of ether oxygens (including phenoxy) is 2. The molecule has 0 saturated carbocycles. The van der Waals surface area contributed by atoms with Crippen molar-refractivity contribution in [3.05, 3.63) is 59.7 Å².